The van der Waals surface area contributed by atoms with Gasteiger partial charge in [-0.05, 0) is 18.2 Å². The lowest BCUT2D eigenvalue weighted by molar-refractivity contribution is -0.170. The zero-order valence-corrected chi connectivity index (χ0v) is 8.95. The van der Waals surface area contributed by atoms with Gasteiger partial charge in [0.1, 0.15) is 5.82 Å². The third-order valence-corrected chi connectivity index (χ3v) is 2.10. The molecule has 0 radical (unpaired) electrons. The first kappa shape index (κ1) is 13.9. The van der Waals surface area contributed by atoms with E-state index < -0.39 is 35.1 Å². The van der Waals surface area contributed by atoms with Crippen molar-refractivity contribution in [2.75, 3.05) is 11.9 Å². The number of carbonyl (C=O) groups is 2. The molecule has 0 saturated carbocycles. The Kier molecular flexibility index (Phi) is 3.59. The molecule has 0 heterocycles. The lowest BCUT2D eigenvalue weighted by Crippen LogP contribution is -2.38. The van der Waals surface area contributed by atoms with E-state index in [2.05, 4.69) is 0 Å². The van der Waals surface area contributed by atoms with Crippen molar-refractivity contribution < 1.29 is 32.3 Å². The van der Waals surface area contributed by atoms with Crippen LogP contribution >= 0.6 is 0 Å². The van der Waals surface area contributed by atoms with Gasteiger partial charge in [-0.1, -0.05) is 0 Å². The second-order valence-corrected chi connectivity index (χ2v) is 3.33. The first-order valence-corrected chi connectivity index (χ1v) is 4.52. The highest BCUT2D eigenvalue weighted by molar-refractivity contribution is 5.97. The van der Waals surface area contributed by atoms with Crippen LogP contribution in [0.2, 0.25) is 0 Å². The molecule has 0 fully saturated rings. The number of anilines is 1. The molecule has 18 heavy (non-hydrogen) atoms. The summed E-state index contributed by atoms with van der Waals surface area (Å²) >= 11 is 0. The van der Waals surface area contributed by atoms with E-state index in [0.717, 1.165) is 19.2 Å². The van der Waals surface area contributed by atoms with E-state index in [-0.39, 0.29) is 4.90 Å². The Hall–Kier alpha value is -2.12. The fourth-order valence-corrected chi connectivity index (χ4v) is 1.21. The van der Waals surface area contributed by atoms with E-state index in [1.807, 2.05) is 0 Å². The molecule has 0 unspecified atom stereocenters. The molecule has 0 saturated heterocycles. The zero-order valence-electron chi connectivity index (χ0n) is 8.95. The molecule has 1 rings (SSSR count). The first-order chi connectivity index (χ1) is 8.14. The minimum absolute atomic E-state index is 0.0704. The van der Waals surface area contributed by atoms with Crippen molar-refractivity contribution >= 4 is 17.6 Å². The number of hydrogen-bond acceptors (Lipinski definition) is 2. The van der Waals surface area contributed by atoms with Crippen molar-refractivity contribution in [1.82, 2.24) is 0 Å². The molecule has 0 spiro atoms. The number of halogens is 4. The Balaban J connectivity index is 3.12. The second-order valence-electron chi connectivity index (χ2n) is 3.33. The molecule has 1 N–H and O–H groups in total. The molecule has 0 aliphatic heterocycles. The monoisotopic (exact) mass is 265 g/mol. The van der Waals surface area contributed by atoms with Crippen molar-refractivity contribution in [2.24, 2.45) is 0 Å². The van der Waals surface area contributed by atoms with Gasteiger partial charge in [-0.15, -0.1) is 0 Å². The Bertz CT molecular complexity index is 498. The average Bonchev–Trinajstić information content (AvgIpc) is 2.25. The van der Waals surface area contributed by atoms with Crippen molar-refractivity contribution in [3.8, 4) is 0 Å². The summed E-state index contributed by atoms with van der Waals surface area (Å²) in [6, 6.07) is 2.24. The summed E-state index contributed by atoms with van der Waals surface area (Å²) in [5.41, 5.74) is -1.08. The molecule has 4 nitrogen and oxygen atoms in total. The predicted molar refractivity (Wildman–Crippen MR) is 52.8 cm³/mol. The molecule has 1 aromatic rings. The van der Waals surface area contributed by atoms with Crippen LogP contribution in [0.25, 0.3) is 0 Å². The van der Waals surface area contributed by atoms with Crippen molar-refractivity contribution in [1.29, 1.82) is 0 Å². The maximum absolute atomic E-state index is 13.4. The summed E-state index contributed by atoms with van der Waals surface area (Å²) in [6.07, 6.45) is -5.13. The fraction of sp³-hybridized carbons (Fsp3) is 0.200. The minimum atomic E-state index is -5.13. The highest BCUT2D eigenvalue weighted by atomic mass is 19.4. The molecule has 0 atom stereocenters. The minimum Gasteiger partial charge on any atom is -0.478 e. The van der Waals surface area contributed by atoms with Gasteiger partial charge in [-0.2, -0.15) is 13.2 Å². The second kappa shape index (κ2) is 4.63. The maximum Gasteiger partial charge on any atom is 0.471 e. The quantitative estimate of drug-likeness (QED) is 0.832. The van der Waals surface area contributed by atoms with Gasteiger partial charge in [0.05, 0.1) is 11.3 Å². The standard InChI is InChI=1S/C10H7F4NO3/c1-15(9(18)10(12,13)14)7-3-2-5(8(16)17)4-6(7)11/h2-4H,1H3,(H,16,17). The topological polar surface area (TPSA) is 57.6 Å². The first-order valence-electron chi connectivity index (χ1n) is 4.52. The van der Waals surface area contributed by atoms with E-state index in [0.29, 0.717) is 6.07 Å². The summed E-state index contributed by atoms with van der Waals surface area (Å²) in [5.74, 6) is -4.90. The normalized spacial score (nSPS) is 11.2. The summed E-state index contributed by atoms with van der Waals surface area (Å²) in [6.45, 7) is 0. The van der Waals surface area contributed by atoms with Crippen LogP contribution in [0.4, 0.5) is 23.2 Å². The van der Waals surface area contributed by atoms with Crippen LogP contribution in [0.15, 0.2) is 18.2 Å². The SMILES string of the molecule is CN(C(=O)C(F)(F)F)c1ccc(C(=O)O)cc1F. The van der Waals surface area contributed by atoms with Crippen LogP contribution in [0, 0.1) is 5.82 Å². The average molecular weight is 265 g/mol. The Labute approximate surface area is 98.4 Å². The number of carboxylic acid groups (broad SMARTS) is 1. The number of alkyl halides is 3. The molecule has 1 amide bonds. The molecule has 1 aromatic carbocycles. The molecule has 8 heteroatoms. The highest BCUT2D eigenvalue weighted by Crippen LogP contribution is 2.25. The van der Waals surface area contributed by atoms with Gasteiger partial charge in [-0.3, -0.25) is 4.79 Å². The number of benzene rings is 1. The number of hydrogen-bond donors (Lipinski definition) is 1. The third kappa shape index (κ3) is 2.76. The van der Waals surface area contributed by atoms with E-state index in [4.69, 9.17) is 5.11 Å². The van der Waals surface area contributed by atoms with Crippen LogP contribution in [0.1, 0.15) is 10.4 Å². The molecular weight excluding hydrogens is 258 g/mol. The molecular formula is C10H7F4NO3. The van der Waals surface area contributed by atoms with Crippen LogP contribution in [-0.4, -0.2) is 30.2 Å². The van der Waals surface area contributed by atoms with Crippen LogP contribution in [0.5, 0.6) is 0 Å². The number of carbonyl (C=O) groups excluding carboxylic acids is 1. The van der Waals surface area contributed by atoms with Gasteiger partial charge in [0.2, 0.25) is 0 Å². The number of rotatable bonds is 2. The van der Waals surface area contributed by atoms with Crippen molar-refractivity contribution in [3.63, 3.8) is 0 Å². The van der Waals surface area contributed by atoms with E-state index >= 15 is 0 Å². The Morgan fingerprint density at radius 3 is 2.22 bits per heavy atom. The maximum atomic E-state index is 13.4. The summed E-state index contributed by atoms with van der Waals surface area (Å²) in [7, 11) is 0.745. The Morgan fingerprint density at radius 2 is 1.83 bits per heavy atom. The lowest BCUT2D eigenvalue weighted by atomic mass is 10.2. The molecule has 0 aliphatic carbocycles. The zero-order chi connectivity index (χ0) is 14.1. The summed E-state index contributed by atoms with van der Waals surface area (Å²) < 4.78 is 49.7. The summed E-state index contributed by atoms with van der Waals surface area (Å²) in [5, 5.41) is 8.55. The largest absolute Gasteiger partial charge is 0.478 e. The Morgan fingerprint density at radius 1 is 1.28 bits per heavy atom. The van der Waals surface area contributed by atoms with Gasteiger partial charge in [0.25, 0.3) is 0 Å². The molecule has 0 aliphatic rings. The number of nitrogens with zero attached hydrogens (tertiary/aromatic N) is 1. The highest BCUT2D eigenvalue weighted by Gasteiger charge is 2.42. The summed E-state index contributed by atoms with van der Waals surface area (Å²) in [4.78, 5) is 21.4. The smallest absolute Gasteiger partial charge is 0.471 e. The number of aromatic carboxylic acids is 1. The number of carboxylic acids is 1. The van der Waals surface area contributed by atoms with E-state index in [9.17, 15) is 27.2 Å². The van der Waals surface area contributed by atoms with Gasteiger partial charge in [-0.25, -0.2) is 9.18 Å². The lowest BCUT2D eigenvalue weighted by Gasteiger charge is -2.19. The van der Waals surface area contributed by atoms with Gasteiger partial charge >= 0.3 is 18.1 Å². The van der Waals surface area contributed by atoms with Crippen molar-refractivity contribution in [3.05, 3.63) is 29.6 Å². The molecule has 0 bridgehead atoms. The fourth-order valence-electron chi connectivity index (χ4n) is 1.21. The van der Waals surface area contributed by atoms with Crippen LogP contribution in [-0.2, 0) is 4.79 Å². The molecule has 0 aromatic heterocycles. The van der Waals surface area contributed by atoms with E-state index in [1.165, 1.54) is 0 Å². The predicted octanol–water partition coefficient (Wildman–Crippen LogP) is 2.05. The van der Waals surface area contributed by atoms with Crippen LogP contribution in [0.3, 0.4) is 0 Å². The molecule has 98 valence electrons. The third-order valence-electron chi connectivity index (χ3n) is 2.10. The van der Waals surface area contributed by atoms with Gasteiger partial charge in [0.15, 0.2) is 0 Å². The van der Waals surface area contributed by atoms with Gasteiger partial charge < -0.3 is 10.0 Å². The van der Waals surface area contributed by atoms with E-state index in [1.54, 1.807) is 0 Å². The van der Waals surface area contributed by atoms with Crippen molar-refractivity contribution in [2.45, 2.75) is 6.18 Å². The van der Waals surface area contributed by atoms with Crippen LogP contribution < -0.4 is 4.90 Å². The number of amides is 1. The van der Waals surface area contributed by atoms with Gasteiger partial charge in [0, 0.05) is 7.05 Å².